The van der Waals surface area contributed by atoms with E-state index in [1.807, 2.05) is 25.1 Å². The van der Waals surface area contributed by atoms with E-state index in [1.54, 1.807) is 17.8 Å². The maximum absolute atomic E-state index is 11.9. The van der Waals surface area contributed by atoms with Gasteiger partial charge in [-0.3, -0.25) is 4.79 Å². The standard InChI is InChI=1S/C13H17NO2S/c1-10-4-2-3-5-11(10)12(15)14-8-13(16)6-7-17-9-13/h2-5,16H,6-9H2,1H3,(H,14,15). The normalized spacial score (nSPS) is 23.6. The smallest absolute Gasteiger partial charge is 0.251 e. The molecule has 1 saturated heterocycles. The highest BCUT2D eigenvalue weighted by atomic mass is 32.2. The van der Waals surface area contributed by atoms with Gasteiger partial charge in [0, 0.05) is 17.9 Å². The first-order chi connectivity index (χ1) is 8.11. The maximum Gasteiger partial charge on any atom is 0.251 e. The van der Waals surface area contributed by atoms with Crippen LogP contribution in [0.25, 0.3) is 0 Å². The minimum Gasteiger partial charge on any atom is -0.387 e. The number of carbonyl (C=O) groups excluding carboxylic acids is 1. The van der Waals surface area contributed by atoms with Gasteiger partial charge in [-0.15, -0.1) is 0 Å². The Morgan fingerprint density at radius 3 is 2.94 bits per heavy atom. The Kier molecular flexibility index (Phi) is 3.74. The van der Waals surface area contributed by atoms with E-state index in [-0.39, 0.29) is 5.91 Å². The summed E-state index contributed by atoms with van der Waals surface area (Å²) in [6.07, 6.45) is 0.756. The number of aryl methyl sites for hydroxylation is 1. The molecule has 0 radical (unpaired) electrons. The van der Waals surface area contributed by atoms with Crippen molar-refractivity contribution < 1.29 is 9.90 Å². The molecule has 3 nitrogen and oxygen atoms in total. The molecule has 2 rings (SSSR count). The van der Waals surface area contributed by atoms with Gasteiger partial charge in [0.25, 0.3) is 5.91 Å². The Morgan fingerprint density at radius 1 is 1.53 bits per heavy atom. The van der Waals surface area contributed by atoms with Crippen LogP contribution in [0.4, 0.5) is 0 Å². The molecule has 1 aromatic rings. The van der Waals surface area contributed by atoms with E-state index in [2.05, 4.69) is 5.32 Å². The number of carbonyl (C=O) groups is 1. The van der Waals surface area contributed by atoms with Gasteiger partial charge in [0.1, 0.15) is 0 Å². The van der Waals surface area contributed by atoms with E-state index in [0.29, 0.717) is 17.9 Å². The summed E-state index contributed by atoms with van der Waals surface area (Å²) in [7, 11) is 0. The summed E-state index contributed by atoms with van der Waals surface area (Å²) in [6.45, 7) is 2.25. The second kappa shape index (κ2) is 5.10. The molecule has 1 fully saturated rings. The van der Waals surface area contributed by atoms with E-state index in [4.69, 9.17) is 0 Å². The third-order valence-electron chi connectivity index (χ3n) is 3.05. The summed E-state index contributed by atoms with van der Waals surface area (Å²) < 4.78 is 0. The summed E-state index contributed by atoms with van der Waals surface area (Å²) in [5.41, 5.74) is 0.919. The first-order valence-electron chi connectivity index (χ1n) is 5.75. The molecule has 0 saturated carbocycles. The average molecular weight is 251 g/mol. The predicted octanol–water partition coefficient (Wildman–Crippen LogP) is 1.59. The van der Waals surface area contributed by atoms with Crippen molar-refractivity contribution in [3.8, 4) is 0 Å². The van der Waals surface area contributed by atoms with Gasteiger partial charge in [0.2, 0.25) is 0 Å². The van der Waals surface area contributed by atoms with Crippen LogP contribution in [0.5, 0.6) is 0 Å². The van der Waals surface area contributed by atoms with E-state index < -0.39 is 5.60 Å². The van der Waals surface area contributed by atoms with Crippen molar-refractivity contribution in [2.75, 3.05) is 18.1 Å². The van der Waals surface area contributed by atoms with Gasteiger partial charge in [-0.2, -0.15) is 11.8 Å². The van der Waals surface area contributed by atoms with Crippen LogP contribution in [0.3, 0.4) is 0 Å². The molecule has 1 heterocycles. The summed E-state index contributed by atoms with van der Waals surface area (Å²) >= 11 is 1.73. The maximum atomic E-state index is 11.9. The van der Waals surface area contributed by atoms with Crippen LogP contribution >= 0.6 is 11.8 Å². The highest BCUT2D eigenvalue weighted by Crippen LogP contribution is 2.27. The molecule has 1 atom stereocenters. The zero-order chi connectivity index (χ0) is 12.3. The fourth-order valence-corrected chi connectivity index (χ4v) is 3.20. The number of benzene rings is 1. The monoisotopic (exact) mass is 251 g/mol. The third kappa shape index (κ3) is 3.01. The second-order valence-electron chi connectivity index (χ2n) is 4.52. The van der Waals surface area contributed by atoms with E-state index >= 15 is 0 Å². The molecule has 1 aliphatic rings. The quantitative estimate of drug-likeness (QED) is 0.858. The van der Waals surface area contributed by atoms with Gasteiger partial charge in [-0.05, 0) is 30.7 Å². The lowest BCUT2D eigenvalue weighted by molar-refractivity contribution is 0.0612. The van der Waals surface area contributed by atoms with Gasteiger partial charge in [-0.25, -0.2) is 0 Å². The largest absolute Gasteiger partial charge is 0.387 e. The van der Waals surface area contributed by atoms with E-state index in [0.717, 1.165) is 17.7 Å². The van der Waals surface area contributed by atoms with Crippen molar-refractivity contribution in [1.29, 1.82) is 0 Å². The predicted molar refractivity (Wildman–Crippen MR) is 70.4 cm³/mol. The van der Waals surface area contributed by atoms with Crippen LogP contribution in [0.15, 0.2) is 24.3 Å². The fourth-order valence-electron chi connectivity index (χ4n) is 1.90. The molecule has 1 unspecified atom stereocenters. The van der Waals surface area contributed by atoms with E-state index in [9.17, 15) is 9.90 Å². The Balaban J connectivity index is 1.96. The van der Waals surface area contributed by atoms with Crippen LogP contribution < -0.4 is 5.32 Å². The fraction of sp³-hybridized carbons (Fsp3) is 0.462. The minimum absolute atomic E-state index is 0.103. The summed E-state index contributed by atoms with van der Waals surface area (Å²) in [6, 6.07) is 7.47. The topological polar surface area (TPSA) is 49.3 Å². The van der Waals surface area contributed by atoms with Gasteiger partial charge >= 0.3 is 0 Å². The molecule has 1 aliphatic heterocycles. The zero-order valence-corrected chi connectivity index (χ0v) is 10.7. The first-order valence-corrected chi connectivity index (χ1v) is 6.90. The molecule has 1 amide bonds. The average Bonchev–Trinajstić information content (AvgIpc) is 2.74. The molecule has 17 heavy (non-hydrogen) atoms. The summed E-state index contributed by atoms with van der Waals surface area (Å²) in [5, 5.41) is 12.9. The lowest BCUT2D eigenvalue weighted by Crippen LogP contribution is -2.43. The molecule has 0 spiro atoms. The van der Waals surface area contributed by atoms with Crippen LogP contribution in [0, 0.1) is 6.92 Å². The highest BCUT2D eigenvalue weighted by molar-refractivity contribution is 7.99. The molecule has 92 valence electrons. The first kappa shape index (κ1) is 12.5. The van der Waals surface area contributed by atoms with Crippen molar-refractivity contribution >= 4 is 17.7 Å². The zero-order valence-electron chi connectivity index (χ0n) is 9.90. The molecular weight excluding hydrogens is 234 g/mol. The number of thioether (sulfide) groups is 1. The Hall–Kier alpha value is -1.00. The second-order valence-corrected chi connectivity index (χ2v) is 5.63. The molecule has 0 aromatic heterocycles. The molecular formula is C13H17NO2S. The highest BCUT2D eigenvalue weighted by Gasteiger charge is 2.32. The minimum atomic E-state index is -0.719. The number of rotatable bonds is 3. The number of hydrogen-bond donors (Lipinski definition) is 2. The van der Waals surface area contributed by atoms with Gasteiger partial charge in [0.05, 0.1) is 5.60 Å². The third-order valence-corrected chi connectivity index (χ3v) is 4.28. The molecule has 1 aromatic carbocycles. The van der Waals surface area contributed by atoms with Crippen LogP contribution in [-0.4, -0.2) is 34.7 Å². The number of aliphatic hydroxyl groups is 1. The molecule has 4 heteroatoms. The van der Waals surface area contributed by atoms with Crippen molar-refractivity contribution in [3.63, 3.8) is 0 Å². The Morgan fingerprint density at radius 2 is 2.29 bits per heavy atom. The van der Waals surface area contributed by atoms with Crippen LogP contribution in [0.2, 0.25) is 0 Å². The van der Waals surface area contributed by atoms with Crippen molar-refractivity contribution in [2.45, 2.75) is 18.9 Å². The Labute approximate surface area is 106 Å². The lowest BCUT2D eigenvalue weighted by atomic mass is 10.0. The number of nitrogens with one attached hydrogen (secondary N) is 1. The Bertz CT molecular complexity index is 414. The van der Waals surface area contributed by atoms with Crippen molar-refractivity contribution in [3.05, 3.63) is 35.4 Å². The molecule has 2 N–H and O–H groups in total. The van der Waals surface area contributed by atoms with Crippen molar-refractivity contribution in [1.82, 2.24) is 5.32 Å². The summed E-state index contributed by atoms with van der Waals surface area (Å²) in [4.78, 5) is 11.9. The van der Waals surface area contributed by atoms with Gasteiger partial charge < -0.3 is 10.4 Å². The SMILES string of the molecule is Cc1ccccc1C(=O)NCC1(O)CCSC1. The van der Waals surface area contributed by atoms with Crippen LogP contribution in [-0.2, 0) is 0 Å². The summed E-state index contributed by atoms with van der Waals surface area (Å²) in [5.74, 6) is 1.58. The van der Waals surface area contributed by atoms with Crippen LogP contribution in [0.1, 0.15) is 22.3 Å². The lowest BCUT2D eigenvalue weighted by Gasteiger charge is -2.21. The number of hydrogen-bond acceptors (Lipinski definition) is 3. The molecule has 0 bridgehead atoms. The number of amides is 1. The van der Waals surface area contributed by atoms with E-state index in [1.165, 1.54) is 0 Å². The van der Waals surface area contributed by atoms with Gasteiger partial charge in [-0.1, -0.05) is 18.2 Å². The van der Waals surface area contributed by atoms with Gasteiger partial charge in [0.15, 0.2) is 0 Å². The molecule has 0 aliphatic carbocycles. The van der Waals surface area contributed by atoms with Crippen molar-refractivity contribution in [2.24, 2.45) is 0 Å².